The first-order chi connectivity index (χ1) is 6.91. The Morgan fingerprint density at radius 2 is 2.00 bits per heavy atom. The van der Waals surface area contributed by atoms with Gasteiger partial charge in [0.25, 0.3) is 0 Å². The minimum absolute atomic E-state index is 0.0747. The maximum absolute atomic E-state index is 11.3. The van der Waals surface area contributed by atoms with Gasteiger partial charge >= 0.3 is 11.9 Å². The minimum Gasteiger partial charge on any atom is -0.478 e. The van der Waals surface area contributed by atoms with Crippen molar-refractivity contribution >= 4 is 5.97 Å². The standard InChI is InChI=1S/C9H14O6/c1-9(2)14-5(7(10)12-3)6(15-9)8(11)13-4/h5,11H,1-4H3/b8-6+/t5-/m1/s1. The van der Waals surface area contributed by atoms with Crippen molar-refractivity contribution < 1.29 is 28.8 Å². The maximum Gasteiger partial charge on any atom is 0.343 e. The fourth-order valence-electron chi connectivity index (χ4n) is 1.20. The Morgan fingerprint density at radius 3 is 2.47 bits per heavy atom. The SMILES string of the molecule is COC(=O)[C@@H]1OC(C)(C)O/C1=C(\O)OC. The second kappa shape index (κ2) is 3.98. The number of rotatable bonds is 2. The number of hydrogen-bond acceptors (Lipinski definition) is 6. The fourth-order valence-corrected chi connectivity index (χ4v) is 1.20. The summed E-state index contributed by atoms with van der Waals surface area (Å²) in [4.78, 5) is 11.3. The van der Waals surface area contributed by atoms with Crippen molar-refractivity contribution in [3.63, 3.8) is 0 Å². The molecule has 1 N–H and O–H groups in total. The Kier molecular flexibility index (Phi) is 3.09. The topological polar surface area (TPSA) is 74.2 Å². The molecule has 0 bridgehead atoms. The number of carbonyl (C=O) groups excluding carboxylic acids is 1. The molecule has 1 rings (SSSR count). The largest absolute Gasteiger partial charge is 0.478 e. The van der Waals surface area contributed by atoms with Gasteiger partial charge in [-0.1, -0.05) is 0 Å². The molecule has 0 aliphatic carbocycles. The molecule has 1 heterocycles. The predicted molar refractivity (Wildman–Crippen MR) is 48.7 cm³/mol. The molecule has 15 heavy (non-hydrogen) atoms. The smallest absolute Gasteiger partial charge is 0.343 e. The summed E-state index contributed by atoms with van der Waals surface area (Å²) in [5, 5.41) is 9.35. The highest BCUT2D eigenvalue weighted by Gasteiger charge is 2.45. The molecule has 0 radical (unpaired) electrons. The summed E-state index contributed by atoms with van der Waals surface area (Å²) in [6.45, 7) is 3.22. The Morgan fingerprint density at radius 1 is 1.40 bits per heavy atom. The van der Waals surface area contributed by atoms with E-state index in [2.05, 4.69) is 9.47 Å². The van der Waals surface area contributed by atoms with E-state index < -0.39 is 23.8 Å². The lowest BCUT2D eigenvalue weighted by Gasteiger charge is -2.15. The third kappa shape index (κ3) is 2.33. The zero-order valence-electron chi connectivity index (χ0n) is 9.07. The van der Waals surface area contributed by atoms with Crippen LogP contribution in [0.3, 0.4) is 0 Å². The zero-order valence-corrected chi connectivity index (χ0v) is 9.07. The van der Waals surface area contributed by atoms with Crippen molar-refractivity contribution in [3.05, 3.63) is 11.7 Å². The van der Waals surface area contributed by atoms with Crippen LogP contribution in [-0.2, 0) is 23.7 Å². The van der Waals surface area contributed by atoms with Gasteiger partial charge in [0, 0.05) is 13.8 Å². The molecule has 6 heteroatoms. The summed E-state index contributed by atoms with van der Waals surface area (Å²) in [6, 6.07) is 0. The summed E-state index contributed by atoms with van der Waals surface area (Å²) in [7, 11) is 2.48. The quantitative estimate of drug-likeness (QED) is 0.542. The monoisotopic (exact) mass is 218 g/mol. The highest BCUT2D eigenvalue weighted by Crippen LogP contribution is 2.33. The summed E-state index contributed by atoms with van der Waals surface area (Å²) in [5.41, 5.74) is 0. The first-order valence-corrected chi connectivity index (χ1v) is 4.33. The summed E-state index contributed by atoms with van der Waals surface area (Å²) in [5.74, 6) is -2.22. The van der Waals surface area contributed by atoms with Crippen LogP contribution in [0.25, 0.3) is 0 Å². The lowest BCUT2D eigenvalue weighted by Crippen LogP contribution is -2.27. The number of aliphatic hydroxyl groups excluding tert-OH is 1. The molecule has 1 atom stereocenters. The third-order valence-corrected chi connectivity index (χ3v) is 1.81. The van der Waals surface area contributed by atoms with Gasteiger partial charge in [-0.2, -0.15) is 0 Å². The highest BCUT2D eigenvalue weighted by molar-refractivity contribution is 5.78. The van der Waals surface area contributed by atoms with Crippen molar-refractivity contribution in [3.8, 4) is 0 Å². The molecule has 1 aliphatic heterocycles. The third-order valence-electron chi connectivity index (χ3n) is 1.81. The van der Waals surface area contributed by atoms with Crippen LogP contribution in [0.1, 0.15) is 13.8 Å². The molecular formula is C9H14O6. The molecule has 0 aromatic rings. The van der Waals surface area contributed by atoms with Crippen molar-refractivity contribution in [2.24, 2.45) is 0 Å². The number of hydrogen-bond donors (Lipinski definition) is 1. The average molecular weight is 218 g/mol. The maximum atomic E-state index is 11.3. The zero-order chi connectivity index (χ0) is 11.6. The summed E-state index contributed by atoms with van der Waals surface area (Å²) >= 11 is 0. The van der Waals surface area contributed by atoms with Crippen molar-refractivity contribution in [2.45, 2.75) is 25.7 Å². The molecule has 0 aromatic carbocycles. The number of esters is 1. The molecule has 1 fully saturated rings. The van der Waals surface area contributed by atoms with Crippen molar-refractivity contribution in [1.82, 2.24) is 0 Å². The van der Waals surface area contributed by atoms with Gasteiger partial charge in [-0.25, -0.2) is 4.79 Å². The van der Waals surface area contributed by atoms with Crippen LogP contribution < -0.4 is 0 Å². The normalized spacial score (nSPS) is 26.8. The molecule has 0 amide bonds. The van der Waals surface area contributed by atoms with Crippen molar-refractivity contribution in [1.29, 1.82) is 0 Å². The fraction of sp³-hybridized carbons (Fsp3) is 0.667. The number of aliphatic hydroxyl groups is 1. The molecule has 0 spiro atoms. The minimum atomic E-state index is -1.09. The van der Waals surface area contributed by atoms with Crippen LogP contribution in [-0.4, -0.2) is 37.2 Å². The lowest BCUT2D eigenvalue weighted by molar-refractivity contribution is -0.167. The molecule has 1 saturated heterocycles. The van der Waals surface area contributed by atoms with Crippen LogP contribution in [0.4, 0.5) is 0 Å². The summed E-state index contributed by atoms with van der Waals surface area (Å²) in [6.07, 6.45) is -1.09. The highest BCUT2D eigenvalue weighted by atomic mass is 16.8. The van der Waals surface area contributed by atoms with E-state index in [1.54, 1.807) is 13.8 Å². The predicted octanol–water partition coefficient (Wildman–Crippen LogP) is 0.684. The molecule has 1 aliphatic rings. The second-order valence-corrected chi connectivity index (χ2v) is 3.40. The molecule has 0 unspecified atom stereocenters. The van der Waals surface area contributed by atoms with E-state index in [9.17, 15) is 9.90 Å². The van der Waals surface area contributed by atoms with E-state index >= 15 is 0 Å². The Labute approximate surface area is 87.4 Å². The Hall–Kier alpha value is -1.43. The van der Waals surface area contributed by atoms with Crippen LogP contribution >= 0.6 is 0 Å². The van der Waals surface area contributed by atoms with Gasteiger partial charge < -0.3 is 24.1 Å². The van der Waals surface area contributed by atoms with E-state index in [0.29, 0.717) is 0 Å². The van der Waals surface area contributed by atoms with Gasteiger partial charge in [0.2, 0.25) is 17.7 Å². The molecular weight excluding hydrogens is 204 g/mol. The number of carbonyl (C=O) groups is 1. The van der Waals surface area contributed by atoms with Crippen LogP contribution in [0.5, 0.6) is 0 Å². The first-order valence-electron chi connectivity index (χ1n) is 4.33. The molecule has 86 valence electrons. The van der Waals surface area contributed by atoms with Crippen molar-refractivity contribution in [2.75, 3.05) is 14.2 Å². The van der Waals surface area contributed by atoms with Gasteiger partial charge in [-0.15, -0.1) is 0 Å². The lowest BCUT2D eigenvalue weighted by atomic mass is 10.3. The van der Waals surface area contributed by atoms with Gasteiger partial charge in [0.05, 0.1) is 14.2 Å². The van der Waals surface area contributed by atoms with Crippen LogP contribution in [0.2, 0.25) is 0 Å². The van der Waals surface area contributed by atoms with E-state index in [0.717, 1.165) is 0 Å². The second-order valence-electron chi connectivity index (χ2n) is 3.40. The van der Waals surface area contributed by atoms with Gasteiger partial charge in [-0.05, 0) is 0 Å². The van der Waals surface area contributed by atoms with Gasteiger partial charge in [0.15, 0.2) is 0 Å². The average Bonchev–Trinajstić information content (AvgIpc) is 2.52. The van der Waals surface area contributed by atoms with E-state index in [4.69, 9.17) is 9.47 Å². The Bertz CT molecular complexity index is 293. The Balaban J connectivity index is 2.99. The van der Waals surface area contributed by atoms with E-state index in [1.807, 2.05) is 0 Å². The first kappa shape index (κ1) is 11.6. The molecule has 0 aromatic heterocycles. The summed E-state index contributed by atoms with van der Waals surface area (Å²) < 4.78 is 19.5. The van der Waals surface area contributed by atoms with E-state index in [-0.39, 0.29) is 5.76 Å². The molecule has 0 saturated carbocycles. The van der Waals surface area contributed by atoms with Crippen LogP contribution in [0, 0.1) is 0 Å². The van der Waals surface area contributed by atoms with Gasteiger partial charge in [-0.3, -0.25) is 0 Å². The van der Waals surface area contributed by atoms with E-state index in [1.165, 1.54) is 14.2 Å². The number of methoxy groups -OCH3 is 2. The number of ether oxygens (including phenoxy) is 4. The van der Waals surface area contributed by atoms with Gasteiger partial charge in [0.1, 0.15) is 0 Å². The molecule has 6 nitrogen and oxygen atoms in total. The van der Waals surface area contributed by atoms with Crippen LogP contribution in [0.15, 0.2) is 11.7 Å².